The summed E-state index contributed by atoms with van der Waals surface area (Å²) in [5.74, 6) is 0.959. The van der Waals surface area contributed by atoms with Gasteiger partial charge in [-0.2, -0.15) is 0 Å². The zero-order valence-corrected chi connectivity index (χ0v) is 42.5. The Morgan fingerprint density at radius 1 is 0.592 bits per heavy atom. The number of aromatic nitrogens is 3. The van der Waals surface area contributed by atoms with Gasteiger partial charge in [0.15, 0.2) is 7.28 Å². The third kappa shape index (κ3) is 6.03. The molecule has 347 valence electrons. The van der Waals surface area contributed by atoms with Crippen LogP contribution in [0.2, 0.25) is 0 Å². The molecule has 0 fully saturated rings. The first-order valence-electron chi connectivity index (χ1n) is 25.5. The van der Waals surface area contributed by atoms with E-state index in [1.165, 1.54) is 82.8 Å². The van der Waals surface area contributed by atoms with Gasteiger partial charge in [0.05, 0.1) is 22.2 Å². The lowest BCUT2D eigenvalue weighted by molar-refractivity contribution is 0.332. The van der Waals surface area contributed by atoms with Crippen molar-refractivity contribution in [1.29, 1.82) is 0 Å². The van der Waals surface area contributed by atoms with Gasteiger partial charge in [0.1, 0.15) is 17.0 Å². The average Bonchev–Trinajstić information content (AvgIpc) is 4.05. The van der Waals surface area contributed by atoms with Crippen molar-refractivity contribution >= 4 is 84.4 Å². The highest BCUT2D eigenvalue weighted by Crippen LogP contribution is 2.53. The highest BCUT2D eigenvalue weighted by Gasteiger charge is 2.39. The number of hydrogen-bond acceptors (Lipinski definition) is 3. The van der Waals surface area contributed by atoms with Crippen LogP contribution in [0.1, 0.15) is 103 Å². The van der Waals surface area contributed by atoms with Crippen molar-refractivity contribution < 1.29 is 4.42 Å². The lowest BCUT2D eigenvalue weighted by atomic mass is 9.59. The Morgan fingerprint density at radius 3 is 2.04 bits per heavy atom. The summed E-state index contributed by atoms with van der Waals surface area (Å²) in [6, 6.07) is 52.5. The van der Waals surface area contributed by atoms with Gasteiger partial charge in [-0.25, -0.2) is 4.98 Å². The summed E-state index contributed by atoms with van der Waals surface area (Å²) < 4.78 is 11.8. The van der Waals surface area contributed by atoms with Crippen LogP contribution in [0.3, 0.4) is 0 Å². The molecule has 3 aliphatic rings. The molecule has 1 radical (unpaired) electrons. The quantitative estimate of drug-likeness (QED) is 0.179. The SMILES string of the molecule is Cn1c(-c2ccccc2)nc2cc3c(cc21)-n1c2cc4c(cc2c2ccc(-c5cc6c(cc5Nc5ccc(C(C)(C)C)cc5)oc5cc7c(cc56)C(C)(C)CCC7(C)C)c(c21)[B]3)C(C)(C)c1ccccc1-4. The van der Waals surface area contributed by atoms with Gasteiger partial charge in [-0.3, -0.25) is 0 Å². The van der Waals surface area contributed by atoms with Crippen molar-refractivity contribution in [2.24, 2.45) is 7.05 Å². The predicted molar refractivity (Wildman–Crippen MR) is 299 cm³/mol. The number of nitrogens with zero attached hydrogens (tertiary/aromatic N) is 3. The smallest absolute Gasteiger partial charge is 0.198 e. The van der Waals surface area contributed by atoms with Crippen LogP contribution in [-0.2, 0) is 28.7 Å². The molecule has 0 saturated carbocycles. The summed E-state index contributed by atoms with van der Waals surface area (Å²) in [4.78, 5) is 5.32. The predicted octanol–water partition coefficient (Wildman–Crippen LogP) is 15.6. The number of hydrogen-bond donors (Lipinski definition) is 1. The number of anilines is 2. The van der Waals surface area contributed by atoms with E-state index < -0.39 is 0 Å². The summed E-state index contributed by atoms with van der Waals surface area (Å²) in [5, 5.41) is 8.78. The Kier molecular flexibility index (Phi) is 8.50. The van der Waals surface area contributed by atoms with Crippen LogP contribution in [0, 0.1) is 0 Å². The summed E-state index contributed by atoms with van der Waals surface area (Å²) in [7, 11) is 4.59. The monoisotopic (exact) mass is 921 g/mol. The van der Waals surface area contributed by atoms with E-state index in [2.05, 4.69) is 231 Å². The molecule has 0 spiro atoms. The zero-order chi connectivity index (χ0) is 48.7. The lowest BCUT2D eigenvalue weighted by Crippen LogP contribution is -2.37. The van der Waals surface area contributed by atoms with Crippen LogP contribution in [0.4, 0.5) is 11.4 Å². The summed E-state index contributed by atoms with van der Waals surface area (Å²) in [5.41, 5.74) is 24.9. The maximum atomic E-state index is 6.96. The second-order valence-corrected chi connectivity index (χ2v) is 23.9. The van der Waals surface area contributed by atoms with Crippen molar-refractivity contribution in [1.82, 2.24) is 14.1 Å². The molecule has 0 unspecified atom stereocenters. The van der Waals surface area contributed by atoms with E-state index in [-0.39, 0.29) is 21.7 Å². The first-order valence-corrected chi connectivity index (χ1v) is 25.5. The number of imidazole rings is 1. The second kappa shape index (κ2) is 14.2. The van der Waals surface area contributed by atoms with E-state index in [9.17, 15) is 0 Å². The molecule has 6 heteroatoms. The Bertz CT molecular complexity index is 4110. The molecule has 3 aromatic heterocycles. The number of benzene rings is 8. The third-order valence-electron chi connectivity index (χ3n) is 17.2. The van der Waals surface area contributed by atoms with E-state index >= 15 is 0 Å². The molecule has 1 aliphatic heterocycles. The Morgan fingerprint density at radius 2 is 1.28 bits per heavy atom. The third-order valence-corrected chi connectivity index (χ3v) is 17.2. The normalized spacial score (nSPS) is 16.1. The number of furan rings is 1. The van der Waals surface area contributed by atoms with Gasteiger partial charge in [0.25, 0.3) is 0 Å². The first kappa shape index (κ1) is 42.6. The van der Waals surface area contributed by atoms with Crippen LogP contribution in [-0.4, -0.2) is 21.4 Å². The Hall–Kier alpha value is -7.31. The van der Waals surface area contributed by atoms with Crippen molar-refractivity contribution in [2.75, 3.05) is 5.32 Å². The van der Waals surface area contributed by atoms with Gasteiger partial charge in [-0.05, 0) is 134 Å². The number of aryl methyl sites for hydroxylation is 1. The van der Waals surface area contributed by atoms with Gasteiger partial charge in [0, 0.05) is 68.1 Å². The molecule has 0 amide bonds. The van der Waals surface area contributed by atoms with Crippen LogP contribution >= 0.6 is 0 Å². The Labute approximate surface area is 416 Å². The minimum Gasteiger partial charge on any atom is -0.456 e. The summed E-state index contributed by atoms with van der Waals surface area (Å²) >= 11 is 0. The molecule has 71 heavy (non-hydrogen) atoms. The molecule has 4 heterocycles. The van der Waals surface area contributed by atoms with Crippen molar-refractivity contribution in [3.05, 3.63) is 167 Å². The molecule has 0 atom stereocenters. The highest BCUT2D eigenvalue weighted by atomic mass is 16.3. The fourth-order valence-corrected chi connectivity index (χ4v) is 12.9. The largest absolute Gasteiger partial charge is 0.456 e. The van der Waals surface area contributed by atoms with Gasteiger partial charge in [-0.1, -0.05) is 147 Å². The van der Waals surface area contributed by atoms with Crippen LogP contribution < -0.4 is 16.2 Å². The van der Waals surface area contributed by atoms with Crippen LogP contribution in [0.5, 0.6) is 0 Å². The fourth-order valence-electron chi connectivity index (χ4n) is 12.9. The van der Waals surface area contributed by atoms with Gasteiger partial charge < -0.3 is 18.9 Å². The first-order chi connectivity index (χ1) is 33.9. The highest BCUT2D eigenvalue weighted by molar-refractivity contribution is 6.73. The fraction of sp³-hybridized carbons (Fsp3) is 0.246. The number of nitrogens with one attached hydrogen (secondary N) is 1. The molecule has 11 aromatic rings. The molecule has 8 aromatic carbocycles. The molecular formula is C65H58BN4O. The maximum Gasteiger partial charge on any atom is 0.198 e. The maximum absolute atomic E-state index is 6.96. The van der Waals surface area contributed by atoms with Crippen molar-refractivity contribution in [3.8, 4) is 39.3 Å². The van der Waals surface area contributed by atoms with E-state index in [1.54, 1.807) is 0 Å². The molecule has 0 bridgehead atoms. The van der Waals surface area contributed by atoms with E-state index in [4.69, 9.17) is 9.40 Å². The number of rotatable bonds is 4. The van der Waals surface area contributed by atoms with Crippen LogP contribution in [0.15, 0.2) is 144 Å². The molecular weight excluding hydrogens is 864 g/mol. The summed E-state index contributed by atoms with van der Waals surface area (Å²) in [6.45, 7) is 21.2. The molecule has 14 rings (SSSR count). The minimum absolute atomic E-state index is 0.0467. The lowest BCUT2D eigenvalue weighted by Gasteiger charge is -2.41. The topological polar surface area (TPSA) is 47.9 Å². The minimum atomic E-state index is -0.130. The van der Waals surface area contributed by atoms with Crippen LogP contribution in [0.25, 0.3) is 94.1 Å². The molecule has 5 nitrogen and oxygen atoms in total. The average molecular weight is 922 g/mol. The van der Waals surface area contributed by atoms with E-state index in [0.717, 1.165) is 74.2 Å². The Balaban J connectivity index is 1.06. The van der Waals surface area contributed by atoms with Gasteiger partial charge in [0.2, 0.25) is 0 Å². The van der Waals surface area contributed by atoms with Gasteiger partial charge >= 0.3 is 0 Å². The molecule has 1 N–H and O–H groups in total. The molecule has 2 aliphatic carbocycles. The molecule has 0 saturated heterocycles. The summed E-state index contributed by atoms with van der Waals surface area (Å²) in [6.07, 6.45) is 2.31. The van der Waals surface area contributed by atoms with Crippen molar-refractivity contribution in [2.45, 2.75) is 96.8 Å². The van der Waals surface area contributed by atoms with Gasteiger partial charge in [-0.15, -0.1) is 0 Å². The standard InChI is InChI=1S/C65H58BN4O/c1-62(2,3)37-20-22-38(23-21-37)67-52-34-58-45(46-30-49-50(32-57(46)71-58)64(6,7)27-26-63(49,4)5)28-43(52)40-24-25-41-44-29-48-42(39-18-14-15-19-47(39)65(48,8)9)31-54(44)70-55-35-56-53(33-51(55)66-59(40)60(41)70)68-61(69(56)10)36-16-12-11-13-17-36/h11-25,28-35,67H,26-27H2,1-10H3. The van der Waals surface area contributed by atoms with Crippen molar-refractivity contribution in [3.63, 3.8) is 0 Å². The second-order valence-electron chi connectivity index (χ2n) is 23.9. The van der Waals surface area contributed by atoms with E-state index in [1.807, 2.05) is 0 Å². The zero-order valence-electron chi connectivity index (χ0n) is 42.5. The number of fused-ring (bicyclic) bond motifs is 13. The van der Waals surface area contributed by atoms with E-state index in [0.29, 0.717) is 0 Å².